The summed E-state index contributed by atoms with van der Waals surface area (Å²) in [6.45, 7) is 3.94. The maximum Gasteiger partial charge on any atom is 0.255 e. The van der Waals surface area contributed by atoms with Crippen LogP contribution in [0.4, 0.5) is 0 Å². The Kier molecular flexibility index (Phi) is 5.21. The third-order valence-corrected chi connectivity index (χ3v) is 8.06. The van der Waals surface area contributed by atoms with E-state index in [1.807, 2.05) is 80.6 Å². The van der Waals surface area contributed by atoms with Gasteiger partial charge in [-0.05, 0) is 48.7 Å². The highest BCUT2D eigenvalue weighted by molar-refractivity contribution is 5.67. The molecule has 2 N–H and O–H groups in total. The van der Waals surface area contributed by atoms with Gasteiger partial charge in [0.2, 0.25) is 0 Å². The van der Waals surface area contributed by atoms with Crippen molar-refractivity contribution >= 4 is 0 Å². The van der Waals surface area contributed by atoms with Gasteiger partial charge in [-0.2, -0.15) is 0 Å². The first-order valence-electron chi connectivity index (χ1n) is 13.0. The second-order valence-electron chi connectivity index (χ2n) is 10.3. The van der Waals surface area contributed by atoms with Gasteiger partial charge in [-0.15, -0.1) is 0 Å². The van der Waals surface area contributed by atoms with Crippen molar-refractivity contribution in [1.29, 1.82) is 0 Å². The smallest absolute Gasteiger partial charge is 0.255 e. The number of hydrogen-bond donors (Lipinski definition) is 2. The van der Waals surface area contributed by atoms with Gasteiger partial charge in [0.15, 0.2) is 17.0 Å². The maximum absolute atomic E-state index is 14.1. The lowest BCUT2D eigenvalue weighted by Gasteiger charge is -2.40. The summed E-state index contributed by atoms with van der Waals surface area (Å²) < 4.78 is 12.4. The molecule has 7 rings (SSSR count). The number of methoxy groups -OCH3 is 1. The number of nitrogens with one attached hydrogen (secondary N) is 1. The molecule has 2 aliphatic rings. The van der Waals surface area contributed by atoms with Crippen molar-refractivity contribution in [1.82, 2.24) is 19.9 Å². The second kappa shape index (κ2) is 8.59. The summed E-state index contributed by atoms with van der Waals surface area (Å²) in [4.78, 5) is 30.4. The average molecular weight is 531 g/mol. The van der Waals surface area contributed by atoms with Crippen molar-refractivity contribution in [3.8, 4) is 23.0 Å². The number of aromatic amines is 1. The summed E-state index contributed by atoms with van der Waals surface area (Å²) in [7, 11) is 1.60. The summed E-state index contributed by atoms with van der Waals surface area (Å²) in [6.07, 6.45) is 4.62. The number of aryl methyl sites for hydroxylation is 2. The predicted molar refractivity (Wildman–Crippen MR) is 148 cm³/mol. The van der Waals surface area contributed by atoms with Crippen molar-refractivity contribution < 1.29 is 14.6 Å². The lowest BCUT2D eigenvalue weighted by Crippen LogP contribution is -2.49. The van der Waals surface area contributed by atoms with Gasteiger partial charge in [0.25, 0.3) is 5.56 Å². The molecule has 198 valence electrons. The summed E-state index contributed by atoms with van der Waals surface area (Å²) in [5.74, 6) is 0.756. The van der Waals surface area contributed by atoms with E-state index in [-0.39, 0.29) is 17.1 Å². The molecule has 0 spiro atoms. The van der Waals surface area contributed by atoms with Crippen LogP contribution >= 0.6 is 0 Å². The molecule has 0 amide bonds. The number of hydrogen-bond acceptors (Lipinski definition) is 7. The van der Waals surface area contributed by atoms with Crippen LogP contribution in [0.15, 0.2) is 90.1 Å². The minimum absolute atomic E-state index is 0.223. The normalized spacial score (nSPS) is 22.2. The van der Waals surface area contributed by atoms with E-state index in [1.165, 1.54) is 12.4 Å². The zero-order valence-electron chi connectivity index (χ0n) is 22.2. The van der Waals surface area contributed by atoms with E-state index >= 15 is 0 Å². The van der Waals surface area contributed by atoms with E-state index in [9.17, 15) is 9.90 Å². The van der Waals surface area contributed by atoms with Crippen LogP contribution in [0.25, 0.3) is 11.5 Å². The third-order valence-electron chi connectivity index (χ3n) is 8.06. The van der Waals surface area contributed by atoms with Gasteiger partial charge in [-0.1, -0.05) is 48.5 Å². The molecule has 0 saturated heterocycles. The number of aliphatic hydroxyl groups is 1. The SMILES string of the molecule is COc1ccc([C@@]23Oc4cc(C)cc(C)c4[C@]2(O)c2nc(-c4cnccn4)[nH]c(=O)c2[C@H]3c2ccccc2)cc1. The highest BCUT2D eigenvalue weighted by Crippen LogP contribution is 2.68. The molecule has 2 aromatic heterocycles. The Morgan fingerprint density at radius 2 is 1.80 bits per heavy atom. The van der Waals surface area contributed by atoms with Crippen molar-refractivity contribution in [2.75, 3.05) is 7.11 Å². The molecule has 1 aliphatic carbocycles. The van der Waals surface area contributed by atoms with Crippen LogP contribution in [-0.4, -0.2) is 32.2 Å². The first-order chi connectivity index (χ1) is 19.4. The molecule has 0 unspecified atom stereocenters. The van der Waals surface area contributed by atoms with Gasteiger partial charge in [0.05, 0.1) is 30.5 Å². The Bertz CT molecular complexity index is 1820. The summed E-state index contributed by atoms with van der Waals surface area (Å²) in [6, 6.07) is 21.0. The van der Waals surface area contributed by atoms with E-state index in [2.05, 4.69) is 15.0 Å². The van der Waals surface area contributed by atoms with Gasteiger partial charge in [0.1, 0.15) is 17.2 Å². The molecular formula is C32H26N4O4. The monoisotopic (exact) mass is 530 g/mol. The fraction of sp³-hybridized carbons (Fsp3) is 0.188. The van der Waals surface area contributed by atoms with Gasteiger partial charge >= 0.3 is 0 Å². The first kappa shape index (κ1) is 24.2. The molecule has 3 atom stereocenters. The van der Waals surface area contributed by atoms with E-state index in [4.69, 9.17) is 14.5 Å². The van der Waals surface area contributed by atoms with Crippen LogP contribution in [0.2, 0.25) is 0 Å². The molecule has 5 aromatic rings. The highest BCUT2D eigenvalue weighted by Gasteiger charge is 2.73. The molecule has 0 bridgehead atoms. The van der Waals surface area contributed by atoms with Crippen molar-refractivity contribution in [3.63, 3.8) is 0 Å². The Labute approximate surface area is 230 Å². The van der Waals surface area contributed by atoms with Crippen LogP contribution < -0.4 is 15.0 Å². The Hall–Kier alpha value is -4.82. The van der Waals surface area contributed by atoms with Crippen LogP contribution in [0.3, 0.4) is 0 Å². The summed E-state index contributed by atoms with van der Waals surface area (Å²) >= 11 is 0. The molecule has 40 heavy (non-hydrogen) atoms. The molecule has 0 radical (unpaired) electrons. The fourth-order valence-corrected chi connectivity index (χ4v) is 6.56. The number of H-pyrrole nitrogens is 1. The Morgan fingerprint density at radius 3 is 2.50 bits per heavy atom. The predicted octanol–water partition coefficient (Wildman–Crippen LogP) is 4.52. The van der Waals surface area contributed by atoms with E-state index in [0.29, 0.717) is 33.9 Å². The molecule has 8 nitrogen and oxygen atoms in total. The van der Waals surface area contributed by atoms with Crippen molar-refractivity contribution in [2.45, 2.75) is 31.0 Å². The Balaban J connectivity index is 1.63. The number of fused-ring (bicyclic) bond motifs is 5. The third kappa shape index (κ3) is 3.11. The summed E-state index contributed by atoms with van der Waals surface area (Å²) in [5.41, 5.74) is 1.31. The van der Waals surface area contributed by atoms with Crippen LogP contribution in [0.5, 0.6) is 11.5 Å². The molecule has 3 heterocycles. The molecular weight excluding hydrogens is 504 g/mol. The van der Waals surface area contributed by atoms with Gasteiger partial charge < -0.3 is 19.6 Å². The quantitative estimate of drug-likeness (QED) is 0.352. The summed E-state index contributed by atoms with van der Waals surface area (Å²) in [5, 5.41) is 13.3. The lowest BCUT2D eigenvalue weighted by atomic mass is 9.69. The van der Waals surface area contributed by atoms with E-state index in [1.54, 1.807) is 13.3 Å². The minimum atomic E-state index is -1.81. The first-order valence-corrected chi connectivity index (χ1v) is 13.0. The maximum atomic E-state index is 14.1. The molecule has 3 aromatic carbocycles. The van der Waals surface area contributed by atoms with E-state index < -0.39 is 17.1 Å². The zero-order valence-corrected chi connectivity index (χ0v) is 22.2. The van der Waals surface area contributed by atoms with Crippen LogP contribution in [-0.2, 0) is 11.2 Å². The minimum Gasteiger partial charge on any atom is -0.497 e. The van der Waals surface area contributed by atoms with E-state index in [0.717, 1.165) is 16.7 Å². The van der Waals surface area contributed by atoms with Gasteiger partial charge in [-0.3, -0.25) is 9.78 Å². The number of rotatable bonds is 4. The fourth-order valence-electron chi connectivity index (χ4n) is 6.56. The van der Waals surface area contributed by atoms with Gasteiger partial charge in [0, 0.05) is 23.5 Å². The van der Waals surface area contributed by atoms with Crippen molar-refractivity contribution in [2.24, 2.45) is 0 Å². The molecule has 1 aliphatic heterocycles. The lowest BCUT2D eigenvalue weighted by molar-refractivity contribution is -0.0906. The number of benzene rings is 3. The highest BCUT2D eigenvalue weighted by atomic mass is 16.5. The molecule has 0 saturated carbocycles. The van der Waals surface area contributed by atoms with Crippen LogP contribution in [0, 0.1) is 13.8 Å². The zero-order chi connectivity index (χ0) is 27.6. The topological polar surface area (TPSA) is 110 Å². The largest absolute Gasteiger partial charge is 0.497 e. The molecule has 8 heteroatoms. The Morgan fingerprint density at radius 1 is 1.02 bits per heavy atom. The molecule has 0 fully saturated rings. The number of aromatic nitrogens is 4. The second-order valence-corrected chi connectivity index (χ2v) is 10.3. The van der Waals surface area contributed by atoms with Crippen molar-refractivity contribution in [3.05, 3.63) is 135 Å². The standard InChI is InChI=1S/C32H26N4O4/c1-18-15-19(2)26-24(16-18)40-32(21-9-11-22(39-3)12-10-21)27(20-7-5-4-6-8-20)25-28(31(26,32)38)35-29(36-30(25)37)23-17-33-13-14-34-23/h4-17,27,38H,1-3H3,(H,35,36,37)/t27-,31+,32+/m1/s1. The van der Waals surface area contributed by atoms with Gasteiger partial charge in [-0.25, -0.2) is 9.97 Å². The number of nitrogens with zero attached hydrogens (tertiary/aromatic N) is 3. The number of ether oxygens (including phenoxy) is 2. The van der Waals surface area contributed by atoms with Crippen LogP contribution in [0.1, 0.15) is 45.0 Å². The average Bonchev–Trinajstić information content (AvgIpc) is 3.36.